The van der Waals surface area contributed by atoms with Crippen molar-refractivity contribution >= 4 is 22.7 Å². The molecule has 0 amide bonds. The lowest BCUT2D eigenvalue weighted by Gasteiger charge is -2.36. The first-order chi connectivity index (χ1) is 12.7. The molecule has 0 N–H and O–H groups in total. The van der Waals surface area contributed by atoms with Crippen molar-refractivity contribution in [2.45, 2.75) is 20.4 Å². The molecule has 3 aromatic rings. The lowest BCUT2D eigenvalue weighted by molar-refractivity contribution is 0.633. The van der Waals surface area contributed by atoms with Crippen LogP contribution in [0.15, 0.2) is 47.4 Å². The summed E-state index contributed by atoms with van der Waals surface area (Å²) in [5.41, 5.74) is 2.96. The van der Waals surface area contributed by atoms with Gasteiger partial charge < -0.3 is 14.4 Å². The van der Waals surface area contributed by atoms with E-state index >= 15 is 0 Å². The summed E-state index contributed by atoms with van der Waals surface area (Å²) in [6, 6.07) is 11.9. The number of benzene rings is 1. The van der Waals surface area contributed by atoms with Gasteiger partial charge in [0.15, 0.2) is 5.82 Å². The monoisotopic (exact) mass is 349 g/mol. The second-order valence-electron chi connectivity index (χ2n) is 6.64. The molecule has 1 aliphatic rings. The fraction of sp³-hybridized carbons (Fsp3) is 0.350. The van der Waals surface area contributed by atoms with Gasteiger partial charge in [-0.2, -0.15) is 0 Å². The SMILES string of the molecule is CCn1c(=O)c(N2CCN(c3cc(C)ccn3)CC2)nc2ccccc21. The first-order valence-corrected chi connectivity index (χ1v) is 9.09. The van der Waals surface area contributed by atoms with Crippen molar-refractivity contribution in [1.82, 2.24) is 14.5 Å². The van der Waals surface area contributed by atoms with Crippen LogP contribution in [-0.4, -0.2) is 40.7 Å². The van der Waals surface area contributed by atoms with Gasteiger partial charge in [0.05, 0.1) is 11.0 Å². The molecule has 0 bridgehead atoms. The summed E-state index contributed by atoms with van der Waals surface area (Å²) >= 11 is 0. The van der Waals surface area contributed by atoms with Gasteiger partial charge in [0.1, 0.15) is 5.82 Å². The fourth-order valence-electron chi connectivity index (χ4n) is 3.54. The number of piperazine rings is 1. The molecule has 0 unspecified atom stereocenters. The molecule has 0 saturated carbocycles. The van der Waals surface area contributed by atoms with Crippen LogP contribution in [0, 0.1) is 6.92 Å². The van der Waals surface area contributed by atoms with Gasteiger partial charge in [-0.25, -0.2) is 9.97 Å². The Balaban J connectivity index is 1.62. The largest absolute Gasteiger partial charge is 0.353 e. The van der Waals surface area contributed by atoms with Crippen molar-refractivity contribution in [2.75, 3.05) is 36.0 Å². The summed E-state index contributed by atoms with van der Waals surface area (Å²) in [6.45, 7) is 7.90. The predicted octanol–water partition coefficient (Wildman–Crippen LogP) is 2.45. The van der Waals surface area contributed by atoms with Crippen LogP contribution < -0.4 is 15.4 Å². The van der Waals surface area contributed by atoms with Crippen molar-refractivity contribution in [3.63, 3.8) is 0 Å². The molecule has 6 heteroatoms. The Morgan fingerprint density at radius 1 is 1.04 bits per heavy atom. The average molecular weight is 349 g/mol. The highest BCUT2D eigenvalue weighted by Gasteiger charge is 2.22. The molecule has 1 aliphatic heterocycles. The summed E-state index contributed by atoms with van der Waals surface area (Å²) in [6.07, 6.45) is 1.85. The normalized spacial score (nSPS) is 14.8. The summed E-state index contributed by atoms with van der Waals surface area (Å²) in [5, 5.41) is 0. The van der Waals surface area contributed by atoms with Crippen LogP contribution in [0.25, 0.3) is 11.0 Å². The van der Waals surface area contributed by atoms with Crippen molar-refractivity contribution in [2.24, 2.45) is 0 Å². The lowest BCUT2D eigenvalue weighted by atomic mass is 10.2. The number of para-hydroxylation sites is 2. The molecule has 26 heavy (non-hydrogen) atoms. The maximum Gasteiger partial charge on any atom is 0.293 e. The summed E-state index contributed by atoms with van der Waals surface area (Å²) in [7, 11) is 0. The standard InChI is InChI=1S/C20H23N5O/c1-3-25-17-7-5-4-6-16(17)22-19(20(25)26)24-12-10-23(11-13-24)18-14-15(2)8-9-21-18/h4-9,14H,3,10-13H2,1-2H3. The second kappa shape index (κ2) is 6.78. The molecule has 134 valence electrons. The lowest BCUT2D eigenvalue weighted by Crippen LogP contribution is -2.49. The quantitative estimate of drug-likeness (QED) is 0.727. The third-order valence-corrected chi connectivity index (χ3v) is 4.96. The van der Waals surface area contributed by atoms with E-state index in [2.05, 4.69) is 32.8 Å². The van der Waals surface area contributed by atoms with Crippen molar-refractivity contribution < 1.29 is 0 Å². The van der Waals surface area contributed by atoms with E-state index in [9.17, 15) is 4.79 Å². The molecule has 2 aromatic heterocycles. The van der Waals surface area contributed by atoms with Gasteiger partial charge in [-0.3, -0.25) is 4.79 Å². The Morgan fingerprint density at radius 2 is 1.77 bits per heavy atom. The number of fused-ring (bicyclic) bond motifs is 1. The van der Waals surface area contributed by atoms with Crippen LogP contribution in [0.4, 0.5) is 11.6 Å². The van der Waals surface area contributed by atoms with Gasteiger partial charge in [-0.1, -0.05) is 12.1 Å². The van der Waals surface area contributed by atoms with E-state index in [1.807, 2.05) is 48.0 Å². The molecular weight excluding hydrogens is 326 g/mol. The Kier molecular flexibility index (Phi) is 4.32. The summed E-state index contributed by atoms with van der Waals surface area (Å²) in [4.78, 5) is 26.5. The molecule has 0 aliphatic carbocycles. The van der Waals surface area contributed by atoms with Gasteiger partial charge in [0.2, 0.25) is 0 Å². The minimum absolute atomic E-state index is 0.00618. The van der Waals surface area contributed by atoms with E-state index in [0.29, 0.717) is 12.4 Å². The number of anilines is 2. The van der Waals surface area contributed by atoms with Crippen LogP contribution >= 0.6 is 0 Å². The predicted molar refractivity (Wildman–Crippen MR) is 105 cm³/mol. The van der Waals surface area contributed by atoms with Crippen molar-refractivity contribution in [3.05, 3.63) is 58.5 Å². The third-order valence-electron chi connectivity index (χ3n) is 4.96. The zero-order valence-electron chi connectivity index (χ0n) is 15.2. The van der Waals surface area contributed by atoms with Crippen LogP contribution in [0.2, 0.25) is 0 Å². The van der Waals surface area contributed by atoms with Gasteiger partial charge in [0.25, 0.3) is 5.56 Å². The molecule has 3 heterocycles. The van der Waals surface area contributed by atoms with Crippen molar-refractivity contribution in [1.29, 1.82) is 0 Å². The zero-order valence-corrected chi connectivity index (χ0v) is 15.2. The van der Waals surface area contributed by atoms with E-state index < -0.39 is 0 Å². The third kappa shape index (κ3) is 2.92. The van der Waals surface area contributed by atoms with E-state index in [-0.39, 0.29) is 5.56 Å². The molecule has 1 saturated heterocycles. The van der Waals surface area contributed by atoms with Crippen LogP contribution in [0.1, 0.15) is 12.5 Å². The number of hydrogen-bond acceptors (Lipinski definition) is 5. The highest BCUT2D eigenvalue weighted by molar-refractivity contribution is 5.76. The first kappa shape index (κ1) is 16.6. The molecule has 0 atom stereocenters. The number of aromatic nitrogens is 3. The minimum atomic E-state index is -0.00618. The van der Waals surface area contributed by atoms with Crippen LogP contribution in [-0.2, 0) is 6.54 Å². The molecule has 6 nitrogen and oxygen atoms in total. The summed E-state index contributed by atoms with van der Waals surface area (Å²) in [5.74, 6) is 1.56. The number of hydrogen-bond donors (Lipinski definition) is 0. The van der Waals surface area contributed by atoms with Gasteiger partial charge in [-0.05, 0) is 43.7 Å². The van der Waals surface area contributed by atoms with Gasteiger partial charge in [-0.15, -0.1) is 0 Å². The van der Waals surface area contributed by atoms with E-state index in [1.165, 1.54) is 5.56 Å². The Bertz CT molecular complexity index is 989. The average Bonchev–Trinajstić information content (AvgIpc) is 2.68. The number of nitrogens with zero attached hydrogens (tertiary/aromatic N) is 5. The van der Waals surface area contributed by atoms with E-state index in [0.717, 1.165) is 43.0 Å². The second-order valence-corrected chi connectivity index (χ2v) is 6.64. The van der Waals surface area contributed by atoms with Crippen LogP contribution in [0.5, 0.6) is 0 Å². The number of aryl methyl sites for hydroxylation is 2. The zero-order chi connectivity index (χ0) is 18.1. The Morgan fingerprint density at radius 3 is 2.50 bits per heavy atom. The summed E-state index contributed by atoms with van der Waals surface area (Å²) < 4.78 is 1.81. The molecule has 4 rings (SSSR count). The molecule has 0 radical (unpaired) electrons. The Labute approximate surface area is 152 Å². The fourth-order valence-corrected chi connectivity index (χ4v) is 3.54. The van der Waals surface area contributed by atoms with Crippen LogP contribution in [0.3, 0.4) is 0 Å². The highest BCUT2D eigenvalue weighted by Crippen LogP contribution is 2.19. The Hall–Kier alpha value is -2.89. The number of pyridine rings is 1. The molecule has 1 fully saturated rings. The van der Waals surface area contributed by atoms with E-state index in [1.54, 1.807) is 0 Å². The van der Waals surface area contributed by atoms with Gasteiger partial charge >= 0.3 is 0 Å². The maximum absolute atomic E-state index is 12.9. The molecular formula is C20H23N5O. The minimum Gasteiger partial charge on any atom is -0.353 e. The van der Waals surface area contributed by atoms with Crippen molar-refractivity contribution in [3.8, 4) is 0 Å². The first-order valence-electron chi connectivity index (χ1n) is 9.09. The molecule has 1 aromatic carbocycles. The van der Waals surface area contributed by atoms with E-state index in [4.69, 9.17) is 0 Å². The highest BCUT2D eigenvalue weighted by atomic mass is 16.1. The number of rotatable bonds is 3. The van der Waals surface area contributed by atoms with Gasteiger partial charge in [0, 0.05) is 38.9 Å². The molecule has 0 spiro atoms. The topological polar surface area (TPSA) is 54.3 Å². The smallest absolute Gasteiger partial charge is 0.293 e. The maximum atomic E-state index is 12.9.